The van der Waals surface area contributed by atoms with E-state index in [0.717, 1.165) is 28.9 Å². The van der Waals surface area contributed by atoms with Gasteiger partial charge in [-0.25, -0.2) is 4.79 Å². The predicted molar refractivity (Wildman–Crippen MR) is 79.4 cm³/mol. The second-order valence-electron chi connectivity index (χ2n) is 6.00. The highest BCUT2D eigenvalue weighted by atomic mass is 32.1. The molecule has 2 heterocycles. The van der Waals surface area contributed by atoms with Gasteiger partial charge in [0.05, 0.1) is 10.9 Å². The Morgan fingerprint density at radius 3 is 2.80 bits per heavy atom. The Morgan fingerprint density at radius 1 is 1.55 bits per heavy atom. The van der Waals surface area contributed by atoms with Crippen molar-refractivity contribution in [3.05, 3.63) is 21.4 Å². The van der Waals surface area contributed by atoms with Gasteiger partial charge in [-0.3, -0.25) is 4.79 Å². The first-order chi connectivity index (χ1) is 9.35. The molecule has 0 aromatic carbocycles. The molecule has 1 atom stereocenters. The number of aldehydes is 1. The number of nitrogens with zero attached hydrogens (tertiary/aromatic N) is 1. The standard InChI is InChI=1S/C15H21NO3S/c1-5-12-13-10(8-11(9-17)20-13)6-7-16(12)14(18)19-15(2,3)4/h8-9,12H,5-7H2,1-4H3. The summed E-state index contributed by atoms with van der Waals surface area (Å²) in [7, 11) is 0. The van der Waals surface area contributed by atoms with Crippen LogP contribution in [0.4, 0.5) is 4.79 Å². The van der Waals surface area contributed by atoms with Crippen molar-refractivity contribution in [1.29, 1.82) is 0 Å². The average Bonchev–Trinajstić information content (AvgIpc) is 2.78. The first-order valence-electron chi connectivity index (χ1n) is 6.93. The van der Waals surface area contributed by atoms with Gasteiger partial charge in [-0.1, -0.05) is 6.92 Å². The van der Waals surface area contributed by atoms with E-state index in [9.17, 15) is 9.59 Å². The fraction of sp³-hybridized carbons (Fsp3) is 0.600. The highest BCUT2D eigenvalue weighted by Gasteiger charge is 2.34. The number of carbonyl (C=O) groups is 2. The summed E-state index contributed by atoms with van der Waals surface area (Å²) in [4.78, 5) is 26.9. The van der Waals surface area contributed by atoms with Crippen LogP contribution in [-0.2, 0) is 11.2 Å². The van der Waals surface area contributed by atoms with Crippen molar-refractivity contribution < 1.29 is 14.3 Å². The van der Waals surface area contributed by atoms with Gasteiger partial charge in [0.2, 0.25) is 0 Å². The summed E-state index contributed by atoms with van der Waals surface area (Å²) < 4.78 is 5.48. The Hall–Kier alpha value is -1.36. The molecule has 0 fully saturated rings. The molecule has 0 spiro atoms. The molecule has 0 bridgehead atoms. The van der Waals surface area contributed by atoms with Crippen molar-refractivity contribution in [1.82, 2.24) is 4.90 Å². The highest BCUT2D eigenvalue weighted by molar-refractivity contribution is 7.13. The summed E-state index contributed by atoms with van der Waals surface area (Å²) in [5.74, 6) is 0. The van der Waals surface area contributed by atoms with Crippen molar-refractivity contribution in [3.63, 3.8) is 0 Å². The smallest absolute Gasteiger partial charge is 0.410 e. The molecule has 1 unspecified atom stereocenters. The van der Waals surface area contributed by atoms with Crippen LogP contribution in [0.3, 0.4) is 0 Å². The minimum Gasteiger partial charge on any atom is -0.444 e. The quantitative estimate of drug-likeness (QED) is 0.780. The van der Waals surface area contributed by atoms with Crippen LogP contribution in [-0.4, -0.2) is 29.4 Å². The van der Waals surface area contributed by atoms with Crippen LogP contribution in [0.2, 0.25) is 0 Å². The lowest BCUT2D eigenvalue weighted by atomic mass is 10.00. The van der Waals surface area contributed by atoms with E-state index in [1.807, 2.05) is 26.8 Å². The molecule has 1 aliphatic heterocycles. The van der Waals surface area contributed by atoms with Crippen LogP contribution in [0, 0.1) is 0 Å². The number of rotatable bonds is 2. The largest absolute Gasteiger partial charge is 0.444 e. The van der Waals surface area contributed by atoms with E-state index < -0.39 is 5.60 Å². The summed E-state index contributed by atoms with van der Waals surface area (Å²) in [6.07, 6.45) is 2.23. The fourth-order valence-electron chi connectivity index (χ4n) is 2.48. The van der Waals surface area contributed by atoms with Crippen LogP contribution in [0.1, 0.15) is 60.3 Å². The van der Waals surface area contributed by atoms with Crippen molar-refractivity contribution in [2.75, 3.05) is 6.54 Å². The molecule has 5 heteroatoms. The molecule has 4 nitrogen and oxygen atoms in total. The van der Waals surface area contributed by atoms with Gasteiger partial charge in [0.25, 0.3) is 0 Å². The van der Waals surface area contributed by atoms with Crippen molar-refractivity contribution in [2.45, 2.75) is 52.2 Å². The Morgan fingerprint density at radius 2 is 2.25 bits per heavy atom. The number of thiophene rings is 1. The number of hydrogen-bond acceptors (Lipinski definition) is 4. The van der Waals surface area contributed by atoms with E-state index in [2.05, 4.69) is 6.92 Å². The van der Waals surface area contributed by atoms with E-state index in [1.165, 1.54) is 16.9 Å². The van der Waals surface area contributed by atoms with Gasteiger partial charge >= 0.3 is 6.09 Å². The number of hydrogen-bond donors (Lipinski definition) is 0. The van der Waals surface area contributed by atoms with Gasteiger partial charge in [0, 0.05) is 11.4 Å². The van der Waals surface area contributed by atoms with E-state index >= 15 is 0 Å². The Balaban J connectivity index is 2.25. The fourth-order valence-corrected chi connectivity index (χ4v) is 3.71. The van der Waals surface area contributed by atoms with Gasteiger partial charge in [0.15, 0.2) is 6.29 Å². The van der Waals surface area contributed by atoms with E-state index in [4.69, 9.17) is 4.74 Å². The Bertz CT molecular complexity index is 516. The van der Waals surface area contributed by atoms with Crippen LogP contribution >= 0.6 is 11.3 Å². The molecule has 0 radical (unpaired) electrons. The summed E-state index contributed by atoms with van der Waals surface area (Å²) >= 11 is 1.49. The summed E-state index contributed by atoms with van der Waals surface area (Å²) in [6, 6.07) is 1.97. The SMILES string of the molecule is CCC1c2sc(C=O)cc2CCN1C(=O)OC(C)(C)C. The van der Waals surface area contributed by atoms with Crippen molar-refractivity contribution in [3.8, 4) is 0 Å². The topological polar surface area (TPSA) is 46.6 Å². The maximum Gasteiger partial charge on any atom is 0.410 e. The second kappa shape index (κ2) is 5.56. The molecule has 0 saturated carbocycles. The molecular formula is C15H21NO3S. The first-order valence-corrected chi connectivity index (χ1v) is 7.74. The van der Waals surface area contributed by atoms with Gasteiger partial charge in [-0.2, -0.15) is 0 Å². The molecule has 1 aliphatic rings. The third-order valence-electron chi connectivity index (χ3n) is 3.29. The molecule has 2 rings (SSSR count). The third kappa shape index (κ3) is 3.03. The van der Waals surface area contributed by atoms with Gasteiger partial charge in [0.1, 0.15) is 5.60 Å². The number of amides is 1. The Labute approximate surface area is 123 Å². The minimum atomic E-state index is -0.487. The molecule has 1 aromatic rings. The molecular weight excluding hydrogens is 274 g/mol. The lowest BCUT2D eigenvalue weighted by Crippen LogP contribution is -2.42. The van der Waals surface area contributed by atoms with Crippen LogP contribution < -0.4 is 0 Å². The van der Waals surface area contributed by atoms with Crippen molar-refractivity contribution >= 4 is 23.7 Å². The molecule has 0 aliphatic carbocycles. The normalized spacial score (nSPS) is 18.6. The average molecular weight is 295 g/mol. The number of ether oxygens (including phenoxy) is 1. The van der Waals surface area contributed by atoms with Crippen molar-refractivity contribution in [2.24, 2.45) is 0 Å². The molecule has 110 valence electrons. The zero-order valence-corrected chi connectivity index (χ0v) is 13.3. The monoisotopic (exact) mass is 295 g/mol. The second-order valence-corrected chi connectivity index (χ2v) is 7.12. The molecule has 0 N–H and O–H groups in total. The highest BCUT2D eigenvalue weighted by Crippen LogP contribution is 2.38. The lowest BCUT2D eigenvalue weighted by molar-refractivity contribution is 0.0142. The Kier molecular flexibility index (Phi) is 4.18. The summed E-state index contributed by atoms with van der Waals surface area (Å²) in [5.41, 5.74) is 0.711. The van der Waals surface area contributed by atoms with E-state index in [1.54, 1.807) is 4.90 Å². The first kappa shape index (κ1) is 15.0. The molecule has 1 aromatic heterocycles. The van der Waals surface area contributed by atoms with Crippen LogP contribution in [0.15, 0.2) is 6.07 Å². The molecule has 0 saturated heterocycles. The maximum absolute atomic E-state index is 12.3. The van der Waals surface area contributed by atoms with Gasteiger partial charge in [-0.15, -0.1) is 11.3 Å². The van der Waals surface area contributed by atoms with Crippen LogP contribution in [0.25, 0.3) is 0 Å². The maximum atomic E-state index is 12.3. The van der Waals surface area contributed by atoms with Gasteiger partial charge in [-0.05, 0) is 45.2 Å². The zero-order chi connectivity index (χ0) is 14.9. The molecule has 20 heavy (non-hydrogen) atoms. The van der Waals surface area contributed by atoms with E-state index in [-0.39, 0.29) is 12.1 Å². The number of carbonyl (C=O) groups excluding carboxylic acids is 2. The molecule has 1 amide bonds. The van der Waals surface area contributed by atoms with E-state index in [0.29, 0.717) is 6.54 Å². The predicted octanol–water partition coefficient (Wildman–Crippen LogP) is 3.80. The van der Waals surface area contributed by atoms with Gasteiger partial charge < -0.3 is 9.64 Å². The zero-order valence-electron chi connectivity index (χ0n) is 12.4. The number of fused-ring (bicyclic) bond motifs is 1. The summed E-state index contributed by atoms with van der Waals surface area (Å²) in [5, 5.41) is 0. The third-order valence-corrected chi connectivity index (χ3v) is 4.50. The minimum absolute atomic E-state index is 0.0206. The lowest BCUT2D eigenvalue weighted by Gasteiger charge is -2.36. The summed E-state index contributed by atoms with van der Waals surface area (Å²) in [6.45, 7) is 8.32. The van der Waals surface area contributed by atoms with Crippen LogP contribution in [0.5, 0.6) is 0 Å².